The van der Waals surface area contributed by atoms with Crippen LogP contribution in [0.5, 0.6) is 0 Å². The van der Waals surface area contributed by atoms with E-state index in [2.05, 4.69) is 16.2 Å². The quantitative estimate of drug-likeness (QED) is 0.572. The van der Waals surface area contributed by atoms with Gasteiger partial charge in [0.2, 0.25) is 0 Å². The Morgan fingerprint density at radius 1 is 0.765 bits per heavy atom. The molecule has 3 N–H and O–H groups in total. The fourth-order valence-corrected chi connectivity index (χ4v) is 1.50. The van der Waals surface area contributed by atoms with E-state index in [0.29, 0.717) is 5.11 Å². The van der Waals surface area contributed by atoms with Gasteiger partial charge in [0.1, 0.15) is 0 Å². The van der Waals surface area contributed by atoms with E-state index in [1.807, 2.05) is 60.7 Å². The van der Waals surface area contributed by atoms with Crippen LogP contribution < -0.4 is 16.2 Å². The van der Waals surface area contributed by atoms with Crippen LogP contribution in [0.2, 0.25) is 0 Å². The van der Waals surface area contributed by atoms with Gasteiger partial charge in [-0.2, -0.15) is 0 Å². The van der Waals surface area contributed by atoms with Crippen molar-refractivity contribution in [3.05, 3.63) is 60.7 Å². The van der Waals surface area contributed by atoms with Crippen LogP contribution in [-0.4, -0.2) is 5.11 Å². The normalized spacial score (nSPS) is 9.41. The third-order valence-electron chi connectivity index (χ3n) is 2.13. The van der Waals surface area contributed by atoms with Crippen molar-refractivity contribution >= 4 is 28.7 Å². The van der Waals surface area contributed by atoms with E-state index in [9.17, 15) is 0 Å². The van der Waals surface area contributed by atoms with Gasteiger partial charge in [0.25, 0.3) is 0 Å². The molecule has 0 aromatic heterocycles. The first-order valence-corrected chi connectivity index (χ1v) is 5.68. The molecule has 2 aromatic carbocycles. The van der Waals surface area contributed by atoms with Crippen molar-refractivity contribution in [2.75, 3.05) is 10.7 Å². The summed E-state index contributed by atoms with van der Waals surface area (Å²) in [6.07, 6.45) is 0. The van der Waals surface area contributed by atoms with E-state index in [1.165, 1.54) is 0 Å². The molecule has 17 heavy (non-hydrogen) atoms. The molecule has 86 valence electrons. The number of thiocarbonyl (C=S) groups is 1. The lowest BCUT2D eigenvalue weighted by Gasteiger charge is -2.12. The number of para-hydroxylation sites is 2. The molecule has 0 aliphatic rings. The molecule has 0 saturated heterocycles. The van der Waals surface area contributed by atoms with Crippen molar-refractivity contribution in [3.8, 4) is 0 Å². The maximum atomic E-state index is 5.15. The maximum Gasteiger partial charge on any atom is 0.189 e. The van der Waals surface area contributed by atoms with Gasteiger partial charge in [0.15, 0.2) is 5.11 Å². The zero-order chi connectivity index (χ0) is 11.9. The van der Waals surface area contributed by atoms with Crippen LogP contribution >= 0.6 is 12.2 Å². The summed E-state index contributed by atoms with van der Waals surface area (Å²) < 4.78 is 0. The van der Waals surface area contributed by atoms with Gasteiger partial charge < -0.3 is 5.32 Å². The topological polar surface area (TPSA) is 36.1 Å². The van der Waals surface area contributed by atoms with E-state index in [4.69, 9.17) is 12.2 Å². The van der Waals surface area contributed by atoms with E-state index in [0.717, 1.165) is 11.4 Å². The number of anilines is 2. The van der Waals surface area contributed by atoms with Gasteiger partial charge in [0.05, 0.1) is 5.69 Å². The number of hydrogen-bond acceptors (Lipinski definition) is 2. The summed E-state index contributed by atoms with van der Waals surface area (Å²) in [5, 5.41) is 3.60. The van der Waals surface area contributed by atoms with Gasteiger partial charge in [-0.05, 0) is 36.5 Å². The summed E-state index contributed by atoms with van der Waals surface area (Å²) in [4.78, 5) is 0. The Kier molecular flexibility index (Phi) is 3.94. The Balaban J connectivity index is 1.83. The summed E-state index contributed by atoms with van der Waals surface area (Å²) in [7, 11) is 0. The molecule has 3 nitrogen and oxygen atoms in total. The molecule has 0 fully saturated rings. The summed E-state index contributed by atoms with van der Waals surface area (Å²) in [6.45, 7) is 0. The first-order chi connectivity index (χ1) is 8.34. The average Bonchev–Trinajstić information content (AvgIpc) is 2.39. The summed E-state index contributed by atoms with van der Waals surface area (Å²) >= 11 is 5.15. The molecular weight excluding hydrogens is 230 g/mol. The lowest BCUT2D eigenvalue weighted by molar-refractivity contribution is 1.14. The van der Waals surface area contributed by atoms with Crippen molar-refractivity contribution in [1.82, 2.24) is 5.43 Å². The van der Waals surface area contributed by atoms with Gasteiger partial charge in [-0.25, -0.2) is 0 Å². The summed E-state index contributed by atoms with van der Waals surface area (Å²) in [5.41, 5.74) is 7.85. The predicted octanol–water partition coefficient (Wildman–Crippen LogP) is 3.00. The van der Waals surface area contributed by atoms with Gasteiger partial charge in [-0.1, -0.05) is 36.4 Å². The second-order valence-corrected chi connectivity index (χ2v) is 3.84. The van der Waals surface area contributed by atoms with Crippen LogP contribution in [-0.2, 0) is 0 Å². The number of nitrogens with one attached hydrogen (secondary N) is 3. The molecule has 0 radical (unpaired) electrons. The molecule has 0 saturated carbocycles. The largest absolute Gasteiger partial charge is 0.331 e. The number of benzene rings is 2. The lowest BCUT2D eigenvalue weighted by Crippen LogP contribution is -2.33. The minimum absolute atomic E-state index is 0.528. The van der Waals surface area contributed by atoms with Crippen molar-refractivity contribution in [1.29, 1.82) is 0 Å². The Morgan fingerprint density at radius 2 is 1.29 bits per heavy atom. The van der Waals surface area contributed by atoms with Crippen molar-refractivity contribution in [3.63, 3.8) is 0 Å². The van der Waals surface area contributed by atoms with Crippen molar-refractivity contribution < 1.29 is 0 Å². The molecule has 2 rings (SSSR count). The van der Waals surface area contributed by atoms with E-state index in [1.54, 1.807) is 0 Å². The van der Waals surface area contributed by atoms with E-state index >= 15 is 0 Å². The highest BCUT2D eigenvalue weighted by atomic mass is 32.1. The first-order valence-electron chi connectivity index (χ1n) is 5.28. The molecule has 0 atom stereocenters. The number of hydrazine groups is 1. The van der Waals surface area contributed by atoms with Gasteiger partial charge in [0, 0.05) is 5.69 Å². The third kappa shape index (κ3) is 3.77. The molecule has 0 spiro atoms. The number of rotatable bonds is 3. The molecule has 0 aliphatic carbocycles. The molecule has 0 amide bonds. The zero-order valence-electron chi connectivity index (χ0n) is 9.18. The SMILES string of the molecule is S=C(NNc1ccccc1)Nc1ccccc1. The summed E-state index contributed by atoms with van der Waals surface area (Å²) in [5.74, 6) is 0. The highest BCUT2D eigenvalue weighted by Crippen LogP contribution is 2.05. The molecule has 0 aliphatic heterocycles. The summed E-state index contributed by atoms with van der Waals surface area (Å²) in [6, 6.07) is 19.6. The molecule has 0 heterocycles. The van der Waals surface area contributed by atoms with Crippen LogP contribution in [0.25, 0.3) is 0 Å². The van der Waals surface area contributed by atoms with Crippen LogP contribution in [0.15, 0.2) is 60.7 Å². The number of hydrogen-bond donors (Lipinski definition) is 3. The van der Waals surface area contributed by atoms with E-state index < -0.39 is 0 Å². The van der Waals surface area contributed by atoms with Crippen molar-refractivity contribution in [2.45, 2.75) is 0 Å². The molecule has 2 aromatic rings. The van der Waals surface area contributed by atoms with Crippen LogP contribution in [0.1, 0.15) is 0 Å². The monoisotopic (exact) mass is 243 g/mol. The third-order valence-corrected chi connectivity index (χ3v) is 2.33. The van der Waals surface area contributed by atoms with Crippen LogP contribution in [0.4, 0.5) is 11.4 Å². The minimum Gasteiger partial charge on any atom is -0.331 e. The van der Waals surface area contributed by atoms with Crippen LogP contribution in [0, 0.1) is 0 Å². The Bertz CT molecular complexity index is 471. The fraction of sp³-hybridized carbons (Fsp3) is 0. The van der Waals surface area contributed by atoms with Gasteiger partial charge in [-0.3, -0.25) is 10.9 Å². The second-order valence-electron chi connectivity index (χ2n) is 3.44. The van der Waals surface area contributed by atoms with Crippen LogP contribution in [0.3, 0.4) is 0 Å². The molecule has 0 unspecified atom stereocenters. The Labute approximate surface area is 106 Å². The average molecular weight is 243 g/mol. The maximum absolute atomic E-state index is 5.15. The lowest BCUT2D eigenvalue weighted by atomic mass is 10.3. The minimum atomic E-state index is 0.528. The smallest absolute Gasteiger partial charge is 0.189 e. The zero-order valence-corrected chi connectivity index (χ0v) is 10.00. The Hall–Kier alpha value is -2.07. The first kappa shape index (κ1) is 11.4. The predicted molar refractivity (Wildman–Crippen MR) is 75.9 cm³/mol. The standard InChI is InChI=1S/C13H13N3S/c17-13(14-11-7-3-1-4-8-11)16-15-12-9-5-2-6-10-12/h1-10,15H,(H2,14,16,17). The van der Waals surface area contributed by atoms with Gasteiger partial charge in [-0.15, -0.1) is 0 Å². The molecular formula is C13H13N3S. The molecule has 0 bridgehead atoms. The van der Waals surface area contributed by atoms with Crippen molar-refractivity contribution in [2.24, 2.45) is 0 Å². The highest BCUT2D eigenvalue weighted by Gasteiger charge is 1.95. The van der Waals surface area contributed by atoms with Gasteiger partial charge >= 0.3 is 0 Å². The molecule has 4 heteroatoms. The fourth-order valence-electron chi connectivity index (χ4n) is 1.33. The highest BCUT2D eigenvalue weighted by molar-refractivity contribution is 7.80. The second kappa shape index (κ2) is 5.86. The Morgan fingerprint density at radius 3 is 1.88 bits per heavy atom. The van der Waals surface area contributed by atoms with E-state index in [-0.39, 0.29) is 0 Å².